The fourth-order valence-electron chi connectivity index (χ4n) is 15.7. The first-order valence-corrected chi connectivity index (χ1v) is 30.8. The quantitative estimate of drug-likeness (QED) is 0.133. The van der Waals surface area contributed by atoms with Gasteiger partial charge >= 0.3 is 0 Å². The summed E-state index contributed by atoms with van der Waals surface area (Å²) < 4.78 is 0. The molecule has 86 heavy (non-hydrogen) atoms. The molecule has 13 aromatic carbocycles. The molecular weight excluding hydrogens is 1040 g/mol. The Balaban J connectivity index is 1.13. The number of benzene rings is 13. The molecule has 2 nitrogen and oxygen atoms in total. The SMILES string of the molecule is Cc1cc(C)c(N(c2c(C)cc(C)cc2C)c2c3c(c(-c4cc(-c5c6ccccc6cc6ccccc56)cc(-c5c6ccccc6c(N(c6c(C)cc(C)cc6C)c6c(C)cc(C)cc6C)c6ccccc56)c4)c4ccccc24)C=CCC3)c(C)c1. The van der Waals surface area contributed by atoms with Crippen molar-refractivity contribution in [3.05, 3.63) is 278 Å². The molecule has 0 unspecified atom stereocenters. The van der Waals surface area contributed by atoms with Crippen LogP contribution in [0, 0.1) is 83.1 Å². The second-order valence-electron chi connectivity index (χ2n) is 25.1. The van der Waals surface area contributed by atoms with Crippen LogP contribution in [0.25, 0.3) is 93.3 Å². The lowest BCUT2D eigenvalue weighted by atomic mass is 9.80. The summed E-state index contributed by atoms with van der Waals surface area (Å²) in [6.07, 6.45) is 6.76. The first kappa shape index (κ1) is 54.4. The van der Waals surface area contributed by atoms with Crippen LogP contribution >= 0.6 is 0 Å². The molecule has 0 heterocycles. The van der Waals surface area contributed by atoms with Crippen molar-refractivity contribution in [3.8, 4) is 33.4 Å². The first-order chi connectivity index (χ1) is 41.6. The molecule has 0 saturated heterocycles. The Morgan fingerprint density at radius 2 is 0.558 bits per heavy atom. The second kappa shape index (κ2) is 21.2. The number of fused-ring (bicyclic) bond motifs is 6. The lowest BCUT2D eigenvalue weighted by Gasteiger charge is -2.36. The molecule has 0 fully saturated rings. The van der Waals surface area contributed by atoms with Gasteiger partial charge in [-0.1, -0.05) is 204 Å². The zero-order valence-electron chi connectivity index (χ0n) is 51.9. The monoisotopic (exact) mass is 1110 g/mol. The highest BCUT2D eigenvalue weighted by atomic mass is 15.2. The van der Waals surface area contributed by atoms with E-state index >= 15 is 0 Å². The number of nitrogens with zero attached hydrogens (tertiary/aromatic N) is 2. The van der Waals surface area contributed by atoms with Crippen LogP contribution in [0.4, 0.5) is 34.1 Å². The molecule has 0 aromatic heterocycles. The van der Waals surface area contributed by atoms with Crippen molar-refractivity contribution in [2.24, 2.45) is 0 Å². The predicted molar refractivity (Wildman–Crippen MR) is 374 cm³/mol. The third-order valence-electron chi connectivity index (χ3n) is 18.5. The van der Waals surface area contributed by atoms with Gasteiger partial charge in [-0.3, -0.25) is 0 Å². The van der Waals surface area contributed by atoms with Crippen LogP contribution in [0.5, 0.6) is 0 Å². The average Bonchev–Trinajstić information content (AvgIpc) is 1.08. The van der Waals surface area contributed by atoms with E-state index in [9.17, 15) is 0 Å². The largest absolute Gasteiger partial charge is 0.309 e. The summed E-state index contributed by atoms with van der Waals surface area (Å²) in [7, 11) is 0. The van der Waals surface area contributed by atoms with E-state index in [-0.39, 0.29) is 0 Å². The Kier molecular flexibility index (Phi) is 13.4. The summed E-state index contributed by atoms with van der Waals surface area (Å²) in [5, 5.41) is 12.3. The Morgan fingerprint density at radius 3 is 0.942 bits per heavy atom. The molecule has 13 aromatic rings. The van der Waals surface area contributed by atoms with Crippen molar-refractivity contribution >= 4 is 94.1 Å². The average molecular weight is 1110 g/mol. The summed E-state index contributed by atoms with van der Waals surface area (Å²) in [4.78, 5) is 5.30. The Morgan fingerprint density at radius 1 is 0.267 bits per heavy atom. The van der Waals surface area contributed by atoms with Crippen molar-refractivity contribution < 1.29 is 0 Å². The molecule has 1 aliphatic carbocycles. The van der Waals surface area contributed by atoms with Crippen LogP contribution in [0.15, 0.2) is 200 Å². The molecule has 0 spiro atoms. The maximum absolute atomic E-state index is 2.67. The van der Waals surface area contributed by atoms with E-state index < -0.39 is 0 Å². The Bertz CT molecular complexity index is 4710. The van der Waals surface area contributed by atoms with E-state index in [0.29, 0.717) is 0 Å². The molecular formula is C84H74N2. The minimum Gasteiger partial charge on any atom is -0.309 e. The van der Waals surface area contributed by atoms with Crippen LogP contribution < -0.4 is 9.80 Å². The second-order valence-corrected chi connectivity index (χ2v) is 25.1. The molecule has 0 N–H and O–H groups in total. The number of hydrogen-bond acceptors (Lipinski definition) is 2. The van der Waals surface area contributed by atoms with Crippen molar-refractivity contribution in [2.75, 3.05) is 9.80 Å². The molecule has 0 amide bonds. The molecule has 0 aliphatic heterocycles. The third kappa shape index (κ3) is 8.91. The lowest BCUT2D eigenvalue weighted by molar-refractivity contribution is 0.981. The van der Waals surface area contributed by atoms with Gasteiger partial charge in [-0.2, -0.15) is 0 Å². The molecule has 2 heteroatoms. The lowest BCUT2D eigenvalue weighted by Crippen LogP contribution is -2.19. The van der Waals surface area contributed by atoms with Crippen molar-refractivity contribution in [1.29, 1.82) is 0 Å². The minimum absolute atomic E-state index is 0.914. The normalized spacial score (nSPS) is 12.3. The van der Waals surface area contributed by atoms with Gasteiger partial charge in [0.1, 0.15) is 0 Å². The smallest absolute Gasteiger partial charge is 0.0619 e. The predicted octanol–water partition coefficient (Wildman–Crippen LogP) is 24.1. The zero-order valence-corrected chi connectivity index (χ0v) is 51.9. The summed E-state index contributed by atoms with van der Waals surface area (Å²) in [5.41, 5.74) is 32.7. The molecule has 14 rings (SSSR count). The molecule has 0 saturated carbocycles. The number of allylic oxidation sites excluding steroid dienone is 1. The molecule has 0 atom stereocenters. The van der Waals surface area contributed by atoms with E-state index in [1.165, 1.54) is 199 Å². The van der Waals surface area contributed by atoms with Gasteiger partial charge in [0.2, 0.25) is 0 Å². The fourth-order valence-corrected chi connectivity index (χ4v) is 15.7. The zero-order chi connectivity index (χ0) is 59.4. The summed E-state index contributed by atoms with van der Waals surface area (Å²) in [6, 6.07) is 74.7. The van der Waals surface area contributed by atoms with Gasteiger partial charge in [0.05, 0.1) is 34.1 Å². The van der Waals surface area contributed by atoms with Gasteiger partial charge in [-0.25, -0.2) is 0 Å². The van der Waals surface area contributed by atoms with Crippen LogP contribution in [-0.4, -0.2) is 0 Å². The van der Waals surface area contributed by atoms with Crippen LogP contribution in [0.2, 0.25) is 0 Å². The third-order valence-corrected chi connectivity index (χ3v) is 18.5. The van der Waals surface area contributed by atoms with Gasteiger partial charge < -0.3 is 9.80 Å². The maximum Gasteiger partial charge on any atom is 0.0619 e. The van der Waals surface area contributed by atoms with E-state index in [2.05, 4.69) is 299 Å². The Hall–Kier alpha value is -9.50. The highest BCUT2D eigenvalue weighted by molar-refractivity contribution is 6.24. The van der Waals surface area contributed by atoms with Crippen molar-refractivity contribution in [3.63, 3.8) is 0 Å². The van der Waals surface area contributed by atoms with E-state index in [1.54, 1.807) is 0 Å². The maximum atomic E-state index is 2.67. The van der Waals surface area contributed by atoms with E-state index in [4.69, 9.17) is 0 Å². The molecule has 1 aliphatic rings. The van der Waals surface area contributed by atoms with Gasteiger partial charge in [-0.05, 0) is 247 Å². The van der Waals surface area contributed by atoms with Crippen molar-refractivity contribution in [1.82, 2.24) is 0 Å². The van der Waals surface area contributed by atoms with Gasteiger partial charge in [0.15, 0.2) is 0 Å². The molecule has 0 radical (unpaired) electrons. The minimum atomic E-state index is 0.914. The highest BCUT2D eigenvalue weighted by Crippen LogP contribution is 2.55. The summed E-state index contributed by atoms with van der Waals surface area (Å²) >= 11 is 0. The van der Waals surface area contributed by atoms with Crippen LogP contribution in [-0.2, 0) is 6.42 Å². The number of hydrogen-bond donors (Lipinski definition) is 0. The standard InChI is InChI=1S/C84H74N2/c1-49-37-53(5)79(54(6)38-49)85(80-55(7)39-50(2)40-56(80)8)83-72-33-21-17-29-68(72)77(69-30-18-22-34-73(69)83)64-46-63(76-66-27-15-13-25-61(66)45-62-26-14-16-28-67(62)76)47-65(48-64)78-70-31-19-23-35-74(70)84(75-36-24-20-32-71(75)78)86(81-57(9)41-51(3)42-58(81)10)82-59(11)43-52(4)44-60(82)12/h13-23,25-35,37-48H,24,36H2,1-12H3. The van der Waals surface area contributed by atoms with Gasteiger partial charge in [-0.15, -0.1) is 0 Å². The van der Waals surface area contributed by atoms with Crippen LogP contribution in [0.3, 0.4) is 0 Å². The van der Waals surface area contributed by atoms with E-state index in [0.717, 1.165) is 12.8 Å². The summed E-state index contributed by atoms with van der Waals surface area (Å²) in [5.74, 6) is 0. The topological polar surface area (TPSA) is 6.48 Å². The van der Waals surface area contributed by atoms with Crippen LogP contribution in [0.1, 0.15) is 84.3 Å². The molecule has 0 bridgehead atoms. The number of anilines is 6. The highest BCUT2D eigenvalue weighted by Gasteiger charge is 2.32. The van der Waals surface area contributed by atoms with Gasteiger partial charge in [0.25, 0.3) is 0 Å². The molecule has 420 valence electrons. The van der Waals surface area contributed by atoms with Gasteiger partial charge in [0, 0.05) is 16.2 Å². The van der Waals surface area contributed by atoms with Crippen molar-refractivity contribution in [2.45, 2.75) is 95.9 Å². The Labute approximate surface area is 508 Å². The number of aryl methyl sites for hydroxylation is 12. The summed E-state index contributed by atoms with van der Waals surface area (Å²) in [6.45, 7) is 27.3. The first-order valence-electron chi connectivity index (χ1n) is 30.8. The van der Waals surface area contributed by atoms with E-state index in [1.807, 2.05) is 0 Å². The number of rotatable bonds is 9. The fraction of sp³-hybridized carbons (Fsp3) is 0.167.